The smallest absolute Gasteiger partial charge is 0.379 e. The van der Waals surface area contributed by atoms with Crippen LogP contribution in [0.1, 0.15) is 11.1 Å². The van der Waals surface area contributed by atoms with Gasteiger partial charge in [0.25, 0.3) is 10.0 Å². The Balaban J connectivity index is 1.47. The minimum Gasteiger partial charge on any atom is -0.379 e. The van der Waals surface area contributed by atoms with Gasteiger partial charge in [-0.2, -0.15) is 17.5 Å². The summed E-state index contributed by atoms with van der Waals surface area (Å²) < 4.78 is 98.4. The maximum absolute atomic E-state index is 12.9. The zero-order valence-corrected chi connectivity index (χ0v) is 22.9. The molecule has 0 amide bonds. The topological polar surface area (TPSA) is 106 Å². The first kappa shape index (κ1) is 28.6. The van der Waals surface area contributed by atoms with Crippen LogP contribution in [0.25, 0.3) is 0 Å². The summed E-state index contributed by atoms with van der Waals surface area (Å²) in [5, 5.41) is -0.574. The van der Waals surface area contributed by atoms with E-state index in [-0.39, 0.29) is 10.7 Å². The van der Waals surface area contributed by atoms with E-state index >= 15 is 0 Å². The number of nitrogens with zero attached hydrogens (tertiary/aromatic N) is 2. The van der Waals surface area contributed by atoms with Gasteiger partial charge in [0.1, 0.15) is 10.7 Å². The van der Waals surface area contributed by atoms with Crippen LogP contribution in [-0.2, 0) is 31.0 Å². The van der Waals surface area contributed by atoms with E-state index < -0.39 is 41.7 Å². The molecule has 0 saturated carbocycles. The van der Waals surface area contributed by atoms with Gasteiger partial charge in [-0.3, -0.25) is 4.72 Å². The van der Waals surface area contributed by atoms with Crippen LogP contribution < -0.4 is 4.72 Å². The molecule has 0 unspecified atom stereocenters. The molecule has 3 aromatic rings. The molecular formula is C23H21ClF3N3O5S3. The standard InChI is InChI=1S/C23H21ClF3N3O5S3/c1-15-12-22(29-37(31,32)21-7-2-16(13-19(21)24)23(25,26)27)28-14-20(15)36-17-3-5-18(6-4-17)38(33,34)30-8-10-35-11-9-30/h2-7,12-14H,8-11H2,1H3,(H,28,29). The molecule has 0 aliphatic carbocycles. The van der Waals surface area contributed by atoms with Gasteiger partial charge >= 0.3 is 6.18 Å². The molecule has 1 N–H and O–H groups in total. The molecule has 204 valence electrons. The first-order valence-electron chi connectivity index (χ1n) is 11.0. The van der Waals surface area contributed by atoms with Gasteiger partial charge in [-0.1, -0.05) is 23.4 Å². The monoisotopic (exact) mass is 607 g/mol. The number of alkyl halides is 3. The van der Waals surface area contributed by atoms with E-state index in [0.717, 1.165) is 11.0 Å². The molecule has 1 saturated heterocycles. The Hall–Kier alpha value is -2.36. The lowest BCUT2D eigenvalue weighted by Crippen LogP contribution is -2.40. The predicted octanol–water partition coefficient (Wildman–Crippen LogP) is 5.04. The predicted molar refractivity (Wildman–Crippen MR) is 136 cm³/mol. The van der Waals surface area contributed by atoms with Crippen molar-refractivity contribution in [2.75, 3.05) is 31.0 Å². The van der Waals surface area contributed by atoms with Gasteiger partial charge in [-0.05, 0) is 61.0 Å². The number of aromatic nitrogens is 1. The van der Waals surface area contributed by atoms with Gasteiger partial charge in [0.15, 0.2) is 0 Å². The molecule has 1 aliphatic heterocycles. The van der Waals surface area contributed by atoms with E-state index in [1.807, 2.05) is 0 Å². The van der Waals surface area contributed by atoms with Crippen LogP contribution in [0.4, 0.5) is 19.0 Å². The van der Waals surface area contributed by atoms with Crippen LogP contribution >= 0.6 is 23.4 Å². The highest BCUT2D eigenvalue weighted by molar-refractivity contribution is 7.99. The highest BCUT2D eigenvalue weighted by Crippen LogP contribution is 2.35. The highest BCUT2D eigenvalue weighted by Gasteiger charge is 2.32. The quantitative estimate of drug-likeness (QED) is 0.401. The lowest BCUT2D eigenvalue weighted by Gasteiger charge is -2.26. The summed E-state index contributed by atoms with van der Waals surface area (Å²) in [7, 11) is -7.93. The van der Waals surface area contributed by atoms with Gasteiger partial charge in [0, 0.05) is 29.1 Å². The average Bonchev–Trinajstić information content (AvgIpc) is 2.85. The lowest BCUT2D eigenvalue weighted by molar-refractivity contribution is -0.137. The minimum atomic E-state index is -4.66. The Morgan fingerprint density at radius 3 is 2.26 bits per heavy atom. The zero-order valence-electron chi connectivity index (χ0n) is 19.7. The van der Waals surface area contributed by atoms with Crippen molar-refractivity contribution in [3.63, 3.8) is 0 Å². The molecule has 0 atom stereocenters. The second-order valence-electron chi connectivity index (χ2n) is 8.17. The van der Waals surface area contributed by atoms with Crippen molar-refractivity contribution in [1.29, 1.82) is 0 Å². The lowest BCUT2D eigenvalue weighted by atomic mass is 10.2. The second kappa shape index (κ2) is 11.0. The molecule has 0 spiro atoms. The summed E-state index contributed by atoms with van der Waals surface area (Å²) in [4.78, 5) is 5.18. The number of benzene rings is 2. The van der Waals surface area contributed by atoms with Gasteiger partial charge in [-0.25, -0.2) is 21.8 Å². The Morgan fingerprint density at radius 1 is 1.03 bits per heavy atom. The summed E-state index contributed by atoms with van der Waals surface area (Å²) in [6.45, 7) is 3.02. The molecule has 8 nitrogen and oxygen atoms in total. The van der Waals surface area contributed by atoms with Crippen molar-refractivity contribution in [3.05, 3.63) is 70.9 Å². The van der Waals surface area contributed by atoms with Gasteiger partial charge < -0.3 is 4.74 Å². The summed E-state index contributed by atoms with van der Waals surface area (Å²) in [6, 6.07) is 9.81. The molecule has 1 aliphatic rings. The summed E-state index contributed by atoms with van der Waals surface area (Å²) in [6.07, 6.45) is -3.23. The van der Waals surface area contributed by atoms with Crippen LogP contribution in [0.3, 0.4) is 0 Å². The summed E-state index contributed by atoms with van der Waals surface area (Å²) >= 11 is 7.13. The molecule has 0 bridgehead atoms. The van der Waals surface area contributed by atoms with Gasteiger partial charge in [0.05, 0.1) is 28.7 Å². The number of ether oxygens (including phenoxy) is 1. The zero-order chi connectivity index (χ0) is 27.7. The van der Waals surface area contributed by atoms with Gasteiger partial charge in [0.2, 0.25) is 10.0 Å². The Labute approximate surface area is 227 Å². The van der Waals surface area contributed by atoms with Crippen molar-refractivity contribution >= 4 is 49.2 Å². The average molecular weight is 608 g/mol. The van der Waals surface area contributed by atoms with Crippen molar-refractivity contribution in [3.8, 4) is 0 Å². The number of hydrogen-bond donors (Lipinski definition) is 1. The fourth-order valence-corrected chi connectivity index (χ4v) is 7.34. The molecular weight excluding hydrogens is 587 g/mol. The fourth-order valence-electron chi connectivity index (χ4n) is 3.54. The van der Waals surface area contributed by atoms with E-state index in [1.165, 1.54) is 40.5 Å². The Kier molecular flexibility index (Phi) is 8.31. The molecule has 1 fully saturated rings. The Bertz CT molecular complexity index is 1540. The number of nitrogens with one attached hydrogen (secondary N) is 1. The number of morpholine rings is 1. The second-order valence-corrected chi connectivity index (χ2v) is 13.3. The van der Waals surface area contributed by atoms with E-state index in [9.17, 15) is 30.0 Å². The molecule has 2 aromatic carbocycles. The maximum Gasteiger partial charge on any atom is 0.416 e. The van der Waals surface area contributed by atoms with Crippen LogP contribution in [0.2, 0.25) is 5.02 Å². The van der Waals surface area contributed by atoms with E-state index in [4.69, 9.17) is 16.3 Å². The molecule has 15 heteroatoms. The minimum absolute atomic E-state index is 0.0465. The summed E-state index contributed by atoms with van der Waals surface area (Å²) in [5.74, 6) is -0.0465. The van der Waals surface area contributed by atoms with E-state index in [2.05, 4.69) is 9.71 Å². The Morgan fingerprint density at radius 2 is 1.68 bits per heavy atom. The molecule has 0 radical (unpaired) electrons. The van der Waals surface area contributed by atoms with Crippen molar-refractivity contribution in [1.82, 2.24) is 9.29 Å². The maximum atomic E-state index is 12.9. The van der Waals surface area contributed by atoms with Crippen LogP contribution in [0.5, 0.6) is 0 Å². The first-order valence-corrected chi connectivity index (χ1v) is 15.1. The number of pyridine rings is 1. The highest BCUT2D eigenvalue weighted by atomic mass is 35.5. The van der Waals surface area contributed by atoms with Crippen LogP contribution in [0.15, 0.2) is 74.3 Å². The van der Waals surface area contributed by atoms with Gasteiger partial charge in [-0.15, -0.1) is 0 Å². The van der Waals surface area contributed by atoms with E-state index in [0.29, 0.717) is 48.9 Å². The molecule has 2 heterocycles. The van der Waals surface area contributed by atoms with E-state index in [1.54, 1.807) is 19.1 Å². The van der Waals surface area contributed by atoms with Crippen molar-refractivity contribution in [2.45, 2.75) is 32.7 Å². The number of aryl methyl sites for hydroxylation is 1. The number of hydrogen-bond acceptors (Lipinski definition) is 7. The third kappa shape index (κ3) is 6.43. The number of rotatable bonds is 7. The molecule has 1 aromatic heterocycles. The number of halogens is 4. The fraction of sp³-hybridized carbons (Fsp3) is 0.261. The number of anilines is 1. The number of sulfonamides is 2. The summed E-state index contributed by atoms with van der Waals surface area (Å²) in [5.41, 5.74) is -0.408. The van der Waals surface area contributed by atoms with Crippen LogP contribution in [-0.4, -0.2) is 52.4 Å². The first-order chi connectivity index (χ1) is 17.8. The SMILES string of the molecule is Cc1cc(NS(=O)(=O)c2ccc(C(F)(F)F)cc2Cl)ncc1Sc1ccc(S(=O)(=O)N2CCOCC2)cc1. The third-order valence-electron chi connectivity index (χ3n) is 5.51. The molecule has 38 heavy (non-hydrogen) atoms. The van der Waals surface area contributed by atoms with Crippen molar-refractivity contribution in [2.24, 2.45) is 0 Å². The normalized spacial score (nSPS) is 15.4. The molecule has 4 rings (SSSR count). The van der Waals surface area contributed by atoms with Crippen LogP contribution in [0, 0.1) is 6.92 Å². The van der Waals surface area contributed by atoms with Crippen molar-refractivity contribution < 1.29 is 34.7 Å². The third-order valence-corrected chi connectivity index (χ3v) is 10.4. The largest absolute Gasteiger partial charge is 0.416 e.